The number of nitrogens with zero attached hydrogens (tertiary/aromatic N) is 4. The van der Waals surface area contributed by atoms with Gasteiger partial charge in [-0.2, -0.15) is 5.10 Å². The van der Waals surface area contributed by atoms with Gasteiger partial charge in [-0.3, -0.25) is 4.90 Å². The number of hydrogen-bond acceptors (Lipinski definition) is 3. The van der Waals surface area contributed by atoms with Crippen molar-refractivity contribution in [2.75, 3.05) is 19.6 Å². The summed E-state index contributed by atoms with van der Waals surface area (Å²) >= 11 is 0. The molecule has 0 bridgehead atoms. The molecule has 0 unspecified atom stereocenters. The summed E-state index contributed by atoms with van der Waals surface area (Å²) < 4.78 is 30.0. The summed E-state index contributed by atoms with van der Waals surface area (Å²) in [6, 6.07) is 12.9. The lowest BCUT2D eigenvalue weighted by molar-refractivity contribution is 0.197. The number of benzene rings is 2. The van der Waals surface area contributed by atoms with Gasteiger partial charge < -0.3 is 10.2 Å². The normalized spacial score (nSPS) is 13.4. The molecular formula is C26H29F2N5O. The fourth-order valence-corrected chi connectivity index (χ4v) is 4.27. The Bertz CT molecular complexity index is 1180. The largest absolute Gasteiger partial charge is 0.335 e. The molecule has 2 aromatic carbocycles. The van der Waals surface area contributed by atoms with Gasteiger partial charge in [0, 0.05) is 50.3 Å². The van der Waals surface area contributed by atoms with Crippen molar-refractivity contribution in [3.05, 3.63) is 95.3 Å². The molecule has 0 aliphatic carbocycles. The van der Waals surface area contributed by atoms with Crippen LogP contribution in [-0.2, 0) is 26.1 Å². The van der Waals surface area contributed by atoms with Crippen LogP contribution < -0.4 is 5.32 Å². The van der Waals surface area contributed by atoms with Crippen LogP contribution >= 0.6 is 0 Å². The molecule has 0 fully saturated rings. The molecule has 3 aromatic rings. The first-order valence-electron chi connectivity index (χ1n) is 11.4. The number of nitrogens with one attached hydrogen (secondary N) is 1. The molecule has 0 radical (unpaired) electrons. The monoisotopic (exact) mass is 465 g/mol. The van der Waals surface area contributed by atoms with E-state index in [2.05, 4.69) is 16.8 Å². The van der Waals surface area contributed by atoms with Crippen molar-refractivity contribution < 1.29 is 13.6 Å². The highest BCUT2D eigenvalue weighted by atomic mass is 19.1. The summed E-state index contributed by atoms with van der Waals surface area (Å²) in [4.78, 5) is 16.5. The first kappa shape index (κ1) is 23.6. The Morgan fingerprint density at radius 3 is 2.79 bits per heavy atom. The molecule has 0 spiro atoms. The fraction of sp³-hybridized carbons (Fsp3) is 0.308. The summed E-state index contributed by atoms with van der Waals surface area (Å²) in [5, 5.41) is 7.63. The fourth-order valence-electron chi connectivity index (χ4n) is 4.27. The van der Waals surface area contributed by atoms with Crippen molar-refractivity contribution in [1.82, 2.24) is 24.9 Å². The van der Waals surface area contributed by atoms with Gasteiger partial charge in [-0.1, -0.05) is 30.3 Å². The smallest absolute Gasteiger partial charge is 0.317 e. The summed E-state index contributed by atoms with van der Waals surface area (Å²) in [6.07, 6.45) is 2.31. The van der Waals surface area contributed by atoms with Crippen LogP contribution in [0.15, 0.2) is 61.2 Å². The second-order valence-electron chi connectivity index (χ2n) is 8.30. The van der Waals surface area contributed by atoms with E-state index < -0.39 is 0 Å². The molecule has 6 nitrogen and oxygen atoms in total. The topological polar surface area (TPSA) is 53.4 Å². The van der Waals surface area contributed by atoms with Crippen molar-refractivity contribution in [3.8, 4) is 5.69 Å². The molecule has 0 atom stereocenters. The Kier molecular flexibility index (Phi) is 7.37. The summed E-state index contributed by atoms with van der Waals surface area (Å²) in [5.41, 5.74) is 4.04. The number of fused-ring (bicyclic) bond motifs is 1. The zero-order valence-corrected chi connectivity index (χ0v) is 19.3. The third-order valence-electron chi connectivity index (χ3n) is 6.03. The molecule has 1 N–H and O–H groups in total. The number of amides is 2. The Labute approximate surface area is 198 Å². The van der Waals surface area contributed by atoms with E-state index in [-0.39, 0.29) is 17.7 Å². The minimum Gasteiger partial charge on any atom is -0.335 e. The Hall–Kier alpha value is -3.52. The highest BCUT2D eigenvalue weighted by Gasteiger charge is 2.27. The molecule has 0 saturated heterocycles. The number of carbonyl (C=O) groups is 1. The molecule has 2 amide bonds. The van der Waals surface area contributed by atoms with Crippen molar-refractivity contribution >= 4 is 6.03 Å². The number of urea groups is 1. The summed E-state index contributed by atoms with van der Waals surface area (Å²) in [6.45, 7) is 8.52. The van der Waals surface area contributed by atoms with E-state index in [1.54, 1.807) is 33.9 Å². The average molecular weight is 466 g/mol. The molecule has 1 aromatic heterocycles. The number of aromatic nitrogens is 2. The first-order valence-corrected chi connectivity index (χ1v) is 11.4. The van der Waals surface area contributed by atoms with E-state index in [0.717, 1.165) is 23.5 Å². The van der Waals surface area contributed by atoms with Crippen LogP contribution in [0.2, 0.25) is 0 Å². The first-order chi connectivity index (χ1) is 16.5. The van der Waals surface area contributed by atoms with Crippen LogP contribution in [0.4, 0.5) is 13.6 Å². The summed E-state index contributed by atoms with van der Waals surface area (Å²) in [5.74, 6) is -0.556. The van der Waals surface area contributed by atoms with Crippen molar-refractivity contribution in [3.63, 3.8) is 0 Å². The molecule has 178 valence electrons. The van der Waals surface area contributed by atoms with Gasteiger partial charge in [0.15, 0.2) is 0 Å². The number of rotatable bonds is 8. The maximum Gasteiger partial charge on any atom is 0.317 e. The molecule has 2 heterocycles. The van der Waals surface area contributed by atoms with Crippen LogP contribution in [0.25, 0.3) is 5.69 Å². The van der Waals surface area contributed by atoms with Gasteiger partial charge in [0.2, 0.25) is 0 Å². The number of carbonyl (C=O) groups excluding carboxylic acids is 1. The van der Waals surface area contributed by atoms with Crippen LogP contribution in [0.1, 0.15) is 29.4 Å². The van der Waals surface area contributed by atoms with Gasteiger partial charge in [-0.15, -0.1) is 6.58 Å². The van der Waals surface area contributed by atoms with Gasteiger partial charge in [0.05, 0.1) is 23.6 Å². The van der Waals surface area contributed by atoms with Crippen molar-refractivity contribution in [2.24, 2.45) is 0 Å². The van der Waals surface area contributed by atoms with Gasteiger partial charge in [0.1, 0.15) is 11.6 Å². The molecule has 1 aliphatic rings. The maximum absolute atomic E-state index is 14.3. The van der Waals surface area contributed by atoms with Crippen molar-refractivity contribution in [2.45, 2.75) is 33.0 Å². The molecule has 34 heavy (non-hydrogen) atoms. The second kappa shape index (κ2) is 10.6. The second-order valence-corrected chi connectivity index (χ2v) is 8.30. The van der Waals surface area contributed by atoms with E-state index in [0.29, 0.717) is 50.4 Å². The van der Waals surface area contributed by atoms with Crippen LogP contribution in [0.5, 0.6) is 0 Å². The molecule has 1 aliphatic heterocycles. The van der Waals surface area contributed by atoms with Crippen LogP contribution in [0, 0.1) is 11.6 Å². The lowest BCUT2D eigenvalue weighted by atomic mass is 10.0. The Morgan fingerprint density at radius 1 is 1.24 bits per heavy atom. The van der Waals surface area contributed by atoms with Gasteiger partial charge in [-0.05, 0) is 31.2 Å². The maximum atomic E-state index is 14.3. The minimum absolute atomic E-state index is 0.199. The van der Waals surface area contributed by atoms with Crippen LogP contribution in [-0.4, -0.2) is 45.2 Å². The standard InChI is InChI=1S/C26H29F2N5O/c1-3-13-29-26(34)32(4-2)18-24-22-17-31(16-19-8-5-6-11-23(19)28)14-12-25(22)33(30-24)21-10-7-9-20(27)15-21/h3,5-11,15H,1,4,12-14,16-18H2,2H3,(H,29,34). The van der Waals surface area contributed by atoms with E-state index in [1.807, 2.05) is 19.1 Å². The predicted molar refractivity (Wildman–Crippen MR) is 127 cm³/mol. The van der Waals surface area contributed by atoms with E-state index in [4.69, 9.17) is 5.10 Å². The predicted octanol–water partition coefficient (Wildman–Crippen LogP) is 4.43. The van der Waals surface area contributed by atoms with Gasteiger partial charge in [-0.25, -0.2) is 18.3 Å². The van der Waals surface area contributed by atoms with Gasteiger partial charge in [0.25, 0.3) is 0 Å². The number of hydrogen-bond donors (Lipinski definition) is 1. The van der Waals surface area contributed by atoms with Crippen molar-refractivity contribution in [1.29, 1.82) is 0 Å². The average Bonchev–Trinajstić information content (AvgIpc) is 3.20. The lowest BCUT2D eigenvalue weighted by Gasteiger charge is -2.28. The lowest BCUT2D eigenvalue weighted by Crippen LogP contribution is -2.40. The Balaban J connectivity index is 1.66. The van der Waals surface area contributed by atoms with Gasteiger partial charge >= 0.3 is 6.03 Å². The third kappa shape index (κ3) is 5.17. The summed E-state index contributed by atoms with van der Waals surface area (Å²) in [7, 11) is 0. The highest BCUT2D eigenvalue weighted by molar-refractivity contribution is 5.74. The molecule has 8 heteroatoms. The molecule has 4 rings (SSSR count). The molecule has 0 saturated carbocycles. The van der Waals surface area contributed by atoms with E-state index in [1.165, 1.54) is 18.2 Å². The zero-order chi connectivity index (χ0) is 24.1. The third-order valence-corrected chi connectivity index (χ3v) is 6.03. The minimum atomic E-state index is -0.334. The highest BCUT2D eigenvalue weighted by Crippen LogP contribution is 2.28. The number of halogens is 2. The zero-order valence-electron chi connectivity index (χ0n) is 19.3. The Morgan fingerprint density at radius 2 is 2.06 bits per heavy atom. The van der Waals surface area contributed by atoms with E-state index >= 15 is 0 Å². The van der Waals surface area contributed by atoms with Crippen LogP contribution in [0.3, 0.4) is 0 Å². The quantitative estimate of drug-likeness (QED) is 0.501. The molecular weight excluding hydrogens is 436 g/mol. The van der Waals surface area contributed by atoms with E-state index in [9.17, 15) is 13.6 Å². The SMILES string of the molecule is C=CCNC(=O)N(CC)Cc1nn(-c2cccc(F)c2)c2c1CN(Cc1ccccc1F)CC2.